The lowest BCUT2D eigenvalue weighted by Crippen LogP contribution is -2.16. The molecule has 3 heterocycles. The minimum atomic E-state index is -4.74. The van der Waals surface area contributed by atoms with Crippen LogP contribution in [0.4, 0.5) is 22.0 Å². The Morgan fingerprint density at radius 2 is 1.85 bits per heavy atom. The van der Waals surface area contributed by atoms with Gasteiger partial charge in [-0.2, -0.15) is 27.1 Å². The molecule has 3 rings (SSSR count). The van der Waals surface area contributed by atoms with Gasteiger partial charge in [0.25, 0.3) is 5.56 Å². The van der Waals surface area contributed by atoms with E-state index in [2.05, 4.69) is 10.1 Å². The first-order valence-corrected chi connectivity index (χ1v) is 9.12. The first-order chi connectivity index (χ1) is 11.9. The van der Waals surface area contributed by atoms with Crippen molar-refractivity contribution < 1.29 is 22.0 Å². The second-order valence-electron chi connectivity index (χ2n) is 4.93. The second kappa shape index (κ2) is 6.56. The van der Waals surface area contributed by atoms with E-state index in [0.717, 1.165) is 39.4 Å². The minimum absolute atomic E-state index is 0.00466. The molecule has 140 valence electrons. The van der Waals surface area contributed by atoms with Gasteiger partial charge in [-0.25, -0.2) is 14.1 Å². The number of thiazole rings is 1. The maximum absolute atomic E-state index is 13.3. The monoisotopic (exact) mass is 544 g/mol. The summed E-state index contributed by atoms with van der Waals surface area (Å²) in [5.74, 6) is 0. The van der Waals surface area contributed by atoms with Gasteiger partial charge in [0.05, 0.1) is 12.2 Å². The molecule has 0 unspecified atom stereocenters. The Balaban J connectivity index is 2.05. The predicted octanol–water partition coefficient (Wildman–Crippen LogP) is 4.81. The third kappa shape index (κ3) is 3.68. The van der Waals surface area contributed by atoms with Crippen molar-refractivity contribution in [3.63, 3.8) is 0 Å². The zero-order chi connectivity index (χ0) is 19.4. The number of hydrogen-bond acceptors (Lipinski definition) is 4. The molecule has 0 atom stereocenters. The highest BCUT2D eigenvalue weighted by Gasteiger charge is 2.37. The largest absolute Gasteiger partial charge is 0.428 e. The highest BCUT2D eigenvalue weighted by Crippen LogP contribution is 2.39. The van der Waals surface area contributed by atoms with Gasteiger partial charge >= 0.3 is 10.1 Å². The van der Waals surface area contributed by atoms with Crippen molar-refractivity contribution in [2.45, 2.75) is 16.7 Å². The maximum atomic E-state index is 13.3. The number of alkyl halides is 6. The van der Waals surface area contributed by atoms with Crippen LogP contribution in [-0.2, 0) is 16.7 Å². The fourth-order valence-corrected chi connectivity index (χ4v) is 3.85. The molecule has 0 aromatic carbocycles. The molecule has 3 aromatic heterocycles. The SMILES string of the molecule is O=c1cc(Cn2nc(C(F)(F)I)cc2Cl)nc2sc(C(F)(F)F)c(Cl)n12. The Labute approximate surface area is 168 Å². The number of aromatic nitrogens is 4. The Hall–Kier alpha value is -0.990. The highest BCUT2D eigenvalue weighted by molar-refractivity contribution is 14.1. The van der Waals surface area contributed by atoms with Crippen molar-refractivity contribution in [2.24, 2.45) is 0 Å². The predicted molar refractivity (Wildman–Crippen MR) is 93.6 cm³/mol. The van der Waals surface area contributed by atoms with Gasteiger partial charge in [0.15, 0.2) is 4.96 Å². The molecule has 3 aromatic rings. The standard InChI is InChI=1S/C12H4Cl2F5IN4OS/c13-6-2-5(12(18,19)20)22-23(6)3-4-1-7(25)24-9(14)8(11(15,16)17)26-10(24)21-4/h1-2H,3H2. The molecule has 0 saturated heterocycles. The van der Waals surface area contributed by atoms with E-state index < -0.39 is 31.4 Å². The van der Waals surface area contributed by atoms with Crippen LogP contribution in [0.5, 0.6) is 0 Å². The molecule has 5 nitrogen and oxygen atoms in total. The average molecular weight is 545 g/mol. The zero-order valence-corrected chi connectivity index (χ0v) is 16.5. The molecule has 0 bridgehead atoms. The van der Waals surface area contributed by atoms with Gasteiger partial charge in [-0.1, -0.05) is 34.5 Å². The summed E-state index contributed by atoms with van der Waals surface area (Å²) in [6, 6.07) is 1.88. The van der Waals surface area contributed by atoms with E-state index in [9.17, 15) is 26.7 Å². The molecule has 0 aliphatic heterocycles. The summed E-state index contributed by atoms with van der Waals surface area (Å²) >= 11 is 12.5. The second-order valence-corrected chi connectivity index (χ2v) is 8.01. The summed E-state index contributed by atoms with van der Waals surface area (Å²) in [6.07, 6.45) is -4.74. The fourth-order valence-electron chi connectivity index (χ4n) is 2.04. The van der Waals surface area contributed by atoms with E-state index in [0.29, 0.717) is 4.40 Å². The van der Waals surface area contributed by atoms with Gasteiger partial charge in [0.2, 0.25) is 0 Å². The van der Waals surface area contributed by atoms with E-state index in [4.69, 9.17) is 23.2 Å². The Kier molecular flexibility index (Phi) is 4.99. The summed E-state index contributed by atoms with van der Waals surface area (Å²) in [7, 11) is 0. The van der Waals surface area contributed by atoms with Gasteiger partial charge in [-0.3, -0.25) is 4.79 Å². The fraction of sp³-hybridized carbons (Fsp3) is 0.250. The Bertz CT molecular complexity index is 1050. The summed E-state index contributed by atoms with van der Waals surface area (Å²) < 4.78 is 63.6. The highest BCUT2D eigenvalue weighted by atomic mass is 127. The smallest absolute Gasteiger partial charge is 0.269 e. The van der Waals surface area contributed by atoms with Crippen LogP contribution in [0.1, 0.15) is 16.3 Å². The quantitative estimate of drug-likeness (QED) is 0.270. The molecule has 0 aliphatic carbocycles. The topological polar surface area (TPSA) is 52.2 Å². The van der Waals surface area contributed by atoms with E-state index in [-0.39, 0.29) is 33.7 Å². The van der Waals surface area contributed by atoms with Crippen molar-refractivity contribution in [1.82, 2.24) is 19.2 Å². The normalized spacial score (nSPS) is 12.9. The minimum Gasteiger partial charge on any atom is -0.269 e. The Morgan fingerprint density at radius 3 is 2.38 bits per heavy atom. The molecular formula is C12H4Cl2F5IN4OS. The lowest BCUT2D eigenvalue weighted by atomic mass is 10.4. The maximum Gasteiger partial charge on any atom is 0.428 e. The number of hydrogen-bond donors (Lipinski definition) is 0. The van der Waals surface area contributed by atoms with Gasteiger partial charge in [-0.05, 0) is 0 Å². The van der Waals surface area contributed by atoms with Crippen molar-refractivity contribution >= 4 is 62.1 Å². The summed E-state index contributed by atoms with van der Waals surface area (Å²) in [5, 5.41) is 2.70. The van der Waals surface area contributed by atoms with Crippen LogP contribution in [0.2, 0.25) is 10.3 Å². The number of halogens is 8. The van der Waals surface area contributed by atoms with Crippen LogP contribution in [0, 0.1) is 0 Å². The third-order valence-corrected chi connectivity index (χ3v) is 5.52. The summed E-state index contributed by atoms with van der Waals surface area (Å²) in [4.78, 5) is 14.6. The van der Waals surface area contributed by atoms with E-state index >= 15 is 0 Å². The molecule has 0 fully saturated rings. The molecule has 0 saturated carbocycles. The number of fused-ring (bicyclic) bond motifs is 1. The van der Waals surface area contributed by atoms with Crippen molar-refractivity contribution in [3.05, 3.63) is 49.1 Å². The van der Waals surface area contributed by atoms with Crippen LogP contribution in [-0.4, -0.2) is 19.2 Å². The van der Waals surface area contributed by atoms with E-state index in [1.807, 2.05) is 0 Å². The van der Waals surface area contributed by atoms with Crippen LogP contribution in [0.25, 0.3) is 4.96 Å². The summed E-state index contributed by atoms with van der Waals surface area (Å²) in [6.45, 7) is -0.284. The van der Waals surface area contributed by atoms with E-state index in [1.54, 1.807) is 0 Å². The molecule has 0 amide bonds. The molecule has 0 aliphatic rings. The molecule has 0 N–H and O–H groups in total. The van der Waals surface area contributed by atoms with Gasteiger partial charge in [0, 0.05) is 34.7 Å². The van der Waals surface area contributed by atoms with Gasteiger partial charge < -0.3 is 0 Å². The number of nitrogens with zero attached hydrogens (tertiary/aromatic N) is 4. The van der Waals surface area contributed by atoms with Crippen molar-refractivity contribution in [3.8, 4) is 0 Å². The average Bonchev–Trinajstić information content (AvgIpc) is 3.00. The first-order valence-electron chi connectivity index (χ1n) is 6.46. The van der Waals surface area contributed by atoms with E-state index in [1.165, 1.54) is 0 Å². The van der Waals surface area contributed by atoms with Gasteiger partial charge in [0.1, 0.15) is 20.9 Å². The molecular weight excluding hydrogens is 541 g/mol. The van der Waals surface area contributed by atoms with Crippen LogP contribution in [0.3, 0.4) is 0 Å². The van der Waals surface area contributed by atoms with Crippen molar-refractivity contribution in [1.29, 1.82) is 0 Å². The number of rotatable bonds is 3. The lowest BCUT2D eigenvalue weighted by Gasteiger charge is -2.05. The molecule has 0 radical (unpaired) electrons. The molecule has 26 heavy (non-hydrogen) atoms. The first kappa shape index (κ1) is 19.8. The van der Waals surface area contributed by atoms with Crippen LogP contribution in [0.15, 0.2) is 16.9 Å². The zero-order valence-electron chi connectivity index (χ0n) is 12.0. The lowest BCUT2D eigenvalue weighted by molar-refractivity contribution is -0.134. The van der Waals surface area contributed by atoms with Crippen molar-refractivity contribution in [2.75, 3.05) is 0 Å². The Morgan fingerprint density at radius 1 is 1.19 bits per heavy atom. The van der Waals surface area contributed by atoms with Crippen LogP contribution >= 0.6 is 57.1 Å². The third-order valence-electron chi connectivity index (χ3n) is 3.11. The molecule has 14 heteroatoms. The van der Waals surface area contributed by atoms with Gasteiger partial charge in [-0.15, -0.1) is 0 Å². The van der Waals surface area contributed by atoms with Crippen LogP contribution < -0.4 is 5.56 Å². The molecule has 0 spiro atoms. The summed E-state index contributed by atoms with van der Waals surface area (Å²) in [5.41, 5.74) is -1.45.